The first-order valence-electron chi connectivity index (χ1n) is 4.94. The van der Waals surface area contributed by atoms with E-state index in [4.69, 9.17) is 0 Å². The highest BCUT2D eigenvalue weighted by atomic mass is 16.1. The topological polar surface area (TPSA) is 54.9 Å². The van der Waals surface area contributed by atoms with Crippen LogP contribution in [0.25, 0.3) is 11.0 Å². The van der Waals surface area contributed by atoms with Gasteiger partial charge in [-0.25, -0.2) is 4.79 Å². The van der Waals surface area contributed by atoms with Crippen LogP contribution in [0, 0.1) is 0 Å². The van der Waals surface area contributed by atoms with E-state index in [1.165, 1.54) is 0 Å². The van der Waals surface area contributed by atoms with E-state index in [1.807, 2.05) is 6.92 Å². The number of aromatic nitrogens is 2. The number of aldehydes is 1. The fourth-order valence-corrected chi connectivity index (χ4v) is 1.69. The second-order valence-corrected chi connectivity index (χ2v) is 3.48. The molecule has 4 heteroatoms. The summed E-state index contributed by atoms with van der Waals surface area (Å²) in [6, 6.07) is 5.18. The molecule has 1 aromatic heterocycles. The van der Waals surface area contributed by atoms with Crippen LogP contribution in [-0.2, 0) is 6.54 Å². The number of aromatic amines is 1. The van der Waals surface area contributed by atoms with Crippen molar-refractivity contribution >= 4 is 17.3 Å². The normalized spacial score (nSPS) is 10.7. The molecule has 1 aromatic carbocycles. The minimum Gasteiger partial charge on any atom is -0.306 e. The Morgan fingerprint density at radius 2 is 2.27 bits per heavy atom. The maximum absolute atomic E-state index is 11.5. The largest absolute Gasteiger partial charge is 0.326 e. The summed E-state index contributed by atoms with van der Waals surface area (Å²) in [5.74, 6) is 0. The third kappa shape index (κ3) is 1.58. The van der Waals surface area contributed by atoms with Crippen molar-refractivity contribution in [2.75, 3.05) is 0 Å². The Balaban J connectivity index is 2.71. The first-order valence-corrected chi connectivity index (χ1v) is 4.94. The van der Waals surface area contributed by atoms with Crippen LogP contribution in [0.4, 0.5) is 0 Å². The van der Waals surface area contributed by atoms with Crippen LogP contribution < -0.4 is 5.69 Å². The number of H-pyrrole nitrogens is 1. The fourth-order valence-electron chi connectivity index (χ4n) is 1.69. The molecule has 2 aromatic rings. The molecule has 0 atom stereocenters. The number of aryl methyl sites for hydroxylation is 1. The highest BCUT2D eigenvalue weighted by Gasteiger charge is 2.05. The number of hydrogen-bond donors (Lipinski definition) is 1. The first kappa shape index (κ1) is 9.71. The van der Waals surface area contributed by atoms with Crippen molar-refractivity contribution in [1.29, 1.82) is 0 Å². The number of carbonyl (C=O) groups is 1. The average Bonchev–Trinajstić information content (AvgIpc) is 2.55. The molecule has 2 rings (SSSR count). The van der Waals surface area contributed by atoms with Crippen LogP contribution in [0.1, 0.15) is 23.7 Å². The van der Waals surface area contributed by atoms with Gasteiger partial charge in [0.1, 0.15) is 6.29 Å². The molecule has 1 N–H and O–H groups in total. The lowest BCUT2D eigenvalue weighted by Gasteiger charge is -2.00. The number of nitrogens with one attached hydrogen (secondary N) is 1. The highest BCUT2D eigenvalue weighted by Crippen LogP contribution is 2.12. The highest BCUT2D eigenvalue weighted by molar-refractivity contribution is 5.84. The molecule has 0 spiro atoms. The molecule has 0 aliphatic carbocycles. The molecular weight excluding hydrogens is 192 g/mol. The Hall–Kier alpha value is -1.84. The van der Waals surface area contributed by atoms with Crippen LogP contribution in [0.3, 0.4) is 0 Å². The molecule has 0 aliphatic rings. The van der Waals surface area contributed by atoms with Crippen LogP contribution >= 0.6 is 0 Å². The van der Waals surface area contributed by atoms with E-state index >= 15 is 0 Å². The molecule has 1 heterocycles. The van der Waals surface area contributed by atoms with Gasteiger partial charge in [-0.3, -0.25) is 9.36 Å². The lowest BCUT2D eigenvalue weighted by molar-refractivity contribution is 0.112. The molecule has 78 valence electrons. The van der Waals surface area contributed by atoms with E-state index in [0.29, 0.717) is 12.1 Å². The lowest BCUT2D eigenvalue weighted by Crippen LogP contribution is -2.16. The van der Waals surface area contributed by atoms with E-state index in [1.54, 1.807) is 22.8 Å². The molecule has 0 saturated heterocycles. The Morgan fingerprint density at radius 3 is 2.93 bits per heavy atom. The quantitative estimate of drug-likeness (QED) is 0.771. The average molecular weight is 204 g/mol. The van der Waals surface area contributed by atoms with Crippen molar-refractivity contribution in [3.8, 4) is 0 Å². The molecule has 0 unspecified atom stereocenters. The fraction of sp³-hybridized carbons (Fsp3) is 0.273. The Morgan fingerprint density at radius 1 is 1.47 bits per heavy atom. The zero-order valence-electron chi connectivity index (χ0n) is 8.49. The van der Waals surface area contributed by atoms with Crippen molar-refractivity contribution < 1.29 is 4.79 Å². The number of imidazole rings is 1. The summed E-state index contributed by atoms with van der Waals surface area (Å²) >= 11 is 0. The summed E-state index contributed by atoms with van der Waals surface area (Å²) < 4.78 is 1.66. The minimum absolute atomic E-state index is 0.116. The third-order valence-electron chi connectivity index (χ3n) is 2.38. The van der Waals surface area contributed by atoms with Gasteiger partial charge < -0.3 is 4.98 Å². The maximum atomic E-state index is 11.5. The number of nitrogens with zero attached hydrogens (tertiary/aromatic N) is 1. The summed E-state index contributed by atoms with van der Waals surface area (Å²) in [4.78, 5) is 24.9. The van der Waals surface area contributed by atoms with E-state index in [0.717, 1.165) is 23.7 Å². The van der Waals surface area contributed by atoms with Gasteiger partial charge in [0.05, 0.1) is 11.0 Å². The smallest absolute Gasteiger partial charge is 0.306 e. The molecule has 4 nitrogen and oxygen atoms in total. The predicted molar refractivity (Wildman–Crippen MR) is 58.2 cm³/mol. The second kappa shape index (κ2) is 3.73. The summed E-state index contributed by atoms with van der Waals surface area (Å²) in [5.41, 5.74) is 2.05. The second-order valence-electron chi connectivity index (χ2n) is 3.48. The van der Waals surface area contributed by atoms with E-state index in [2.05, 4.69) is 4.98 Å². The molecule has 15 heavy (non-hydrogen) atoms. The van der Waals surface area contributed by atoms with Gasteiger partial charge in [0.15, 0.2) is 0 Å². The van der Waals surface area contributed by atoms with Gasteiger partial charge in [0, 0.05) is 12.1 Å². The van der Waals surface area contributed by atoms with Gasteiger partial charge >= 0.3 is 5.69 Å². The van der Waals surface area contributed by atoms with Gasteiger partial charge in [-0.05, 0) is 24.6 Å². The third-order valence-corrected chi connectivity index (χ3v) is 2.38. The van der Waals surface area contributed by atoms with Crippen LogP contribution in [0.5, 0.6) is 0 Å². The zero-order chi connectivity index (χ0) is 10.8. The lowest BCUT2D eigenvalue weighted by atomic mass is 10.2. The van der Waals surface area contributed by atoms with Crippen molar-refractivity contribution in [1.82, 2.24) is 9.55 Å². The van der Waals surface area contributed by atoms with E-state index in [9.17, 15) is 9.59 Å². The van der Waals surface area contributed by atoms with Gasteiger partial charge in [0.25, 0.3) is 0 Å². The SMILES string of the molecule is CCCn1c(=O)[nH]c2ccc(C=O)cc21. The summed E-state index contributed by atoms with van der Waals surface area (Å²) in [5, 5.41) is 0. The number of carbonyl (C=O) groups excluding carboxylic acids is 1. The Kier molecular flexibility index (Phi) is 2.41. The predicted octanol–water partition coefficient (Wildman–Crippen LogP) is 1.55. The van der Waals surface area contributed by atoms with Crippen LogP contribution in [0.15, 0.2) is 23.0 Å². The zero-order valence-corrected chi connectivity index (χ0v) is 8.49. The Labute approximate surface area is 86.5 Å². The van der Waals surface area contributed by atoms with Crippen LogP contribution in [-0.4, -0.2) is 15.8 Å². The number of hydrogen-bond acceptors (Lipinski definition) is 2. The standard InChI is InChI=1S/C11H12N2O2/c1-2-5-13-10-6-8(7-14)3-4-9(10)12-11(13)15/h3-4,6-7H,2,5H2,1H3,(H,12,15). The first-order chi connectivity index (χ1) is 7.26. The molecule has 0 saturated carbocycles. The molecular formula is C11H12N2O2. The van der Waals surface area contributed by atoms with Crippen molar-refractivity contribution in [2.45, 2.75) is 19.9 Å². The van der Waals surface area contributed by atoms with E-state index in [-0.39, 0.29) is 5.69 Å². The molecule has 0 amide bonds. The van der Waals surface area contributed by atoms with Gasteiger partial charge in [0.2, 0.25) is 0 Å². The van der Waals surface area contributed by atoms with Crippen molar-refractivity contribution in [2.24, 2.45) is 0 Å². The van der Waals surface area contributed by atoms with Crippen LogP contribution in [0.2, 0.25) is 0 Å². The number of fused-ring (bicyclic) bond motifs is 1. The summed E-state index contributed by atoms with van der Waals surface area (Å²) in [7, 11) is 0. The Bertz CT molecular complexity index is 551. The minimum atomic E-state index is -0.116. The number of benzene rings is 1. The molecule has 0 bridgehead atoms. The van der Waals surface area contributed by atoms with Crippen molar-refractivity contribution in [3.05, 3.63) is 34.2 Å². The molecule has 0 fully saturated rings. The number of rotatable bonds is 3. The van der Waals surface area contributed by atoms with Gasteiger partial charge in [-0.2, -0.15) is 0 Å². The van der Waals surface area contributed by atoms with E-state index < -0.39 is 0 Å². The summed E-state index contributed by atoms with van der Waals surface area (Å²) in [6.07, 6.45) is 1.67. The van der Waals surface area contributed by atoms with Gasteiger partial charge in [-0.15, -0.1) is 0 Å². The maximum Gasteiger partial charge on any atom is 0.326 e. The monoisotopic (exact) mass is 204 g/mol. The molecule has 0 radical (unpaired) electrons. The van der Waals surface area contributed by atoms with Gasteiger partial charge in [-0.1, -0.05) is 6.92 Å². The molecule has 0 aliphatic heterocycles. The summed E-state index contributed by atoms with van der Waals surface area (Å²) in [6.45, 7) is 2.68. The van der Waals surface area contributed by atoms with Crippen molar-refractivity contribution in [3.63, 3.8) is 0 Å².